The van der Waals surface area contributed by atoms with Gasteiger partial charge < -0.3 is 10.3 Å². The summed E-state index contributed by atoms with van der Waals surface area (Å²) in [5, 5.41) is 10.7. The number of nitro groups is 1. The van der Waals surface area contributed by atoms with Gasteiger partial charge in [-0.3, -0.25) is 10.1 Å². The normalized spacial score (nSPS) is 10.2. The highest BCUT2D eigenvalue weighted by Gasteiger charge is 2.11. The molecular formula is C10H10N4O2. The van der Waals surface area contributed by atoms with Crippen molar-refractivity contribution < 1.29 is 4.92 Å². The van der Waals surface area contributed by atoms with Crippen molar-refractivity contribution in [3.63, 3.8) is 0 Å². The molecule has 0 aliphatic carbocycles. The van der Waals surface area contributed by atoms with Gasteiger partial charge in [0.15, 0.2) is 0 Å². The molecule has 0 radical (unpaired) electrons. The molecular weight excluding hydrogens is 208 g/mol. The van der Waals surface area contributed by atoms with Gasteiger partial charge in [-0.1, -0.05) is 6.07 Å². The first-order chi connectivity index (χ1) is 7.66. The number of rotatable bonds is 3. The molecule has 0 saturated carbocycles. The maximum atomic E-state index is 10.7. The van der Waals surface area contributed by atoms with E-state index in [9.17, 15) is 10.1 Å². The van der Waals surface area contributed by atoms with Crippen LogP contribution in [0.3, 0.4) is 0 Å². The summed E-state index contributed by atoms with van der Waals surface area (Å²) in [5.41, 5.74) is 6.44. The van der Waals surface area contributed by atoms with E-state index < -0.39 is 4.92 Å². The van der Waals surface area contributed by atoms with Crippen molar-refractivity contribution in [2.24, 2.45) is 0 Å². The number of imidazole rings is 1. The van der Waals surface area contributed by atoms with Crippen molar-refractivity contribution in [1.29, 1.82) is 0 Å². The lowest BCUT2D eigenvalue weighted by Gasteiger charge is -2.03. The minimum atomic E-state index is -0.479. The van der Waals surface area contributed by atoms with Crippen molar-refractivity contribution in [3.05, 3.63) is 52.6 Å². The monoisotopic (exact) mass is 218 g/mol. The molecule has 6 nitrogen and oxygen atoms in total. The van der Waals surface area contributed by atoms with E-state index >= 15 is 0 Å². The number of hydrogen-bond donors (Lipinski definition) is 1. The topological polar surface area (TPSA) is 87.0 Å². The average Bonchev–Trinajstić information content (AvgIpc) is 2.73. The van der Waals surface area contributed by atoms with Crippen molar-refractivity contribution >= 4 is 11.4 Å². The van der Waals surface area contributed by atoms with E-state index in [2.05, 4.69) is 4.98 Å². The summed E-state index contributed by atoms with van der Waals surface area (Å²) >= 11 is 0. The van der Waals surface area contributed by atoms with E-state index in [-0.39, 0.29) is 11.4 Å². The predicted octanol–water partition coefficient (Wildman–Crippen LogP) is 1.42. The molecule has 0 bridgehead atoms. The van der Waals surface area contributed by atoms with Gasteiger partial charge in [0, 0.05) is 25.0 Å². The van der Waals surface area contributed by atoms with Crippen LogP contribution in [0.4, 0.5) is 11.4 Å². The highest BCUT2D eigenvalue weighted by molar-refractivity contribution is 5.59. The SMILES string of the molecule is Nc1ccc(Cn2ccnc2)cc1[N+](=O)[O-]. The van der Waals surface area contributed by atoms with E-state index in [1.54, 1.807) is 30.9 Å². The van der Waals surface area contributed by atoms with E-state index in [0.29, 0.717) is 6.54 Å². The van der Waals surface area contributed by atoms with Crippen LogP contribution in [0.2, 0.25) is 0 Å². The first-order valence-corrected chi connectivity index (χ1v) is 4.65. The van der Waals surface area contributed by atoms with Crippen LogP contribution in [0.5, 0.6) is 0 Å². The number of anilines is 1. The largest absolute Gasteiger partial charge is 0.393 e. The zero-order valence-corrected chi connectivity index (χ0v) is 8.41. The molecule has 82 valence electrons. The van der Waals surface area contributed by atoms with E-state index in [0.717, 1.165) is 5.56 Å². The number of benzene rings is 1. The van der Waals surface area contributed by atoms with Crippen LogP contribution in [-0.2, 0) is 6.54 Å². The van der Waals surface area contributed by atoms with E-state index in [1.165, 1.54) is 6.07 Å². The Hall–Kier alpha value is -2.37. The molecule has 1 aromatic heterocycles. The standard InChI is InChI=1S/C10H10N4O2/c11-9-2-1-8(5-10(9)14(15)16)6-13-4-3-12-7-13/h1-5,7H,6,11H2. The second kappa shape index (κ2) is 4.01. The van der Waals surface area contributed by atoms with Gasteiger partial charge in [0.2, 0.25) is 0 Å². The Morgan fingerprint density at radius 3 is 2.94 bits per heavy atom. The summed E-state index contributed by atoms with van der Waals surface area (Å²) in [4.78, 5) is 14.1. The van der Waals surface area contributed by atoms with Crippen LogP contribution in [0.1, 0.15) is 5.56 Å². The minimum absolute atomic E-state index is 0.0578. The molecule has 1 aromatic carbocycles. The summed E-state index contributed by atoms with van der Waals surface area (Å²) in [6, 6.07) is 4.79. The van der Waals surface area contributed by atoms with Crippen LogP contribution in [0.15, 0.2) is 36.9 Å². The van der Waals surface area contributed by atoms with E-state index in [4.69, 9.17) is 5.73 Å². The Morgan fingerprint density at radius 2 is 2.31 bits per heavy atom. The van der Waals surface area contributed by atoms with Crippen LogP contribution in [0.25, 0.3) is 0 Å². The molecule has 0 unspecified atom stereocenters. The zero-order valence-electron chi connectivity index (χ0n) is 8.41. The first kappa shape index (κ1) is 10.2. The molecule has 6 heteroatoms. The molecule has 0 aliphatic rings. The van der Waals surface area contributed by atoms with Gasteiger partial charge in [-0.15, -0.1) is 0 Å². The third-order valence-electron chi connectivity index (χ3n) is 2.22. The molecule has 16 heavy (non-hydrogen) atoms. The summed E-state index contributed by atoms with van der Waals surface area (Å²) in [5.74, 6) is 0. The third-order valence-corrected chi connectivity index (χ3v) is 2.22. The van der Waals surface area contributed by atoms with Gasteiger partial charge >= 0.3 is 0 Å². The number of nitro benzene ring substituents is 1. The van der Waals surface area contributed by atoms with Gasteiger partial charge in [-0.2, -0.15) is 0 Å². The maximum absolute atomic E-state index is 10.7. The Labute approximate surface area is 91.5 Å². The van der Waals surface area contributed by atoms with Crippen LogP contribution >= 0.6 is 0 Å². The minimum Gasteiger partial charge on any atom is -0.393 e. The highest BCUT2D eigenvalue weighted by atomic mass is 16.6. The third kappa shape index (κ3) is 2.00. The fourth-order valence-corrected chi connectivity index (χ4v) is 1.44. The van der Waals surface area contributed by atoms with Gasteiger partial charge in [0.1, 0.15) is 5.69 Å². The maximum Gasteiger partial charge on any atom is 0.292 e. The lowest BCUT2D eigenvalue weighted by atomic mass is 10.2. The molecule has 0 atom stereocenters. The van der Waals surface area contributed by atoms with E-state index in [1.807, 2.05) is 4.57 Å². The molecule has 0 aliphatic heterocycles. The second-order valence-electron chi connectivity index (χ2n) is 3.39. The molecule has 1 heterocycles. The Balaban J connectivity index is 2.29. The van der Waals surface area contributed by atoms with Gasteiger partial charge in [-0.25, -0.2) is 4.98 Å². The van der Waals surface area contributed by atoms with Gasteiger partial charge in [0.25, 0.3) is 5.69 Å². The lowest BCUT2D eigenvalue weighted by Crippen LogP contribution is -2.00. The quantitative estimate of drug-likeness (QED) is 0.479. The van der Waals surface area contributed by atoms with Crippen molar-refractivity contribution in [2.45, 2.75) is 6.54 Å². The molecule has 0 fully saturated rings. The average molecular weight is 218 g/mol. The Kier molecular flexibility index (Phi) is 2.55. The zero-order chi connectivity index (χ0) is 11.5. The predicted molar refractivity (Wildman–Crippen MR) is 58.8 cm³/mol. The summed E-state index contributed by atoms with van der Waals surface area (Å²) < 4.78 is 1.83. The number of hydrogen-bond acceptors (Lipinski definition) is 4. The fourth-order valence-electron chi connectivity index (χ4n) is 1.44. The van der Waals surface area contributed by atoms with Gasteiger partial charge in [-0.05, 0) is 11.6 Å². The smallest absolute Gasteiger partial charge is 0.292 e. The van der Waals surface area contributed by atoms with Crippen LogP contribution in [0, 0.1) is 10.1 Å². The van der Waals surface area contributed by atoms with Crippen LogP contribution in [-0.4, -0.2) is 14.5 Å². The number of nitrogens with two attached hydrogens (primary N) is 1. The molecule has 0 spiro atoms. The van der Waals surface area contributed by atoms with Crippen molar-refractivity contribution in [2.75, 3.05) is 5.73 Å². The number of nitrogens with zero attached hydrogens (tertiary/aromatic N) is 3. The molecule has 2 rings (SSSR count). The Bertz CT molecular complexity index is 508. The summed E-state index contributed by atoms with van der Waals surface area (Å²) in [6.45, 7) is 0.543. The van der Waals surface area contributed by atoms with Crippen molar-refractivity contribution in [1.82, 2.24) is 9.55 Å². The Morgan fingerprint density at radius 1 is 1.50 bits per heavy atom. The lowest BCUT2D eigenvalue weighted by molar-refractivity contribution is -0.384. The van der Waals surface area contributed by atoms with Crippen molar-refractivity contribution in [3.8, 4) is 0 Å². The van der Waals surface area contributed by atoms with Gasteiger partial charge in [0.05, 0.1) is 11.3 Å². The molecule has 2 aromatic rings. The summed E-state index contributed by atoms with van der Waals surface area (Å²) in [7, 11) is 0. The first-order valence-electron chi connectivity index (χ1n) is 4.65. The van der Waals surface area contributed by atoms with Crippen LogP contribution < -0.4 is 5.73 Å². The summed E-state index contributed by atoms with van der Waals surface area (Å²) in [6.07, 6.45) is 5.11. The highest BCUT2D eigenvalue weighted by Crippen LogP contribution is 2.22. The molecule has 0 amide bonds. The fraction of sp³-hybridized carbons (Fsp3) is 0.100. The molecule has 0 saturated heterocycles. The molecule has 2 N–H and O–H groups in total. The second-order valence-corrected chi connectivity index (χ2v) is 3.39. The number of aromatic nitrogens is 2. The number of nitrogen functional groups attached to an aromatic ring is 1.